The minimum Gasteiger partial charge on any atom is -0.485 e. The number of oxime groups is 1. The highest BCUT2D eigenvalue weighted by Crippen LogP contribution is 2.35. The van der Waals surface area contributed by atoms with Crippen molar-refractivity contribution in [2.24, 2.45) is 11.1 Å². The molecule has 2 saturated heterocycles. The average molecular weight is 767 g/mol. The number of methoxy groups -OCH3 is 1. The minimum absolute atomic E-state index is 0.0566. The Kier molecular flexibility index (Phi) is 11.4. The summed E-state index contributed by atoms with van der Waals surface area (Å²) in [4.78, 5) is 48.5. The number of carboxylic acid groups (broad SMARTS) is 1. The van der Waals surface area contributed by atoms with Crippen LogP contribution in [0.5, 0.6) is 5.75 Å². The first-order valence-corrected chi connectivity index (χ1v) is 18.5. The predicted octanol–water partition coefficient (Wildman–Crippen LogP) is 0.453. The molecule has 1 aromatic carbocycles. The van der Waals surface area contributed by atoms with Gasteiger partial charge < -0.3 is 41.1 Å². The lowest BCUT2D eigenvalue weighted by Crippen LogP contribution is -2.76. The molecule has 3 aliphatic heterocycles. The molecule has 2 fully saturated rings. The van der Waals surface area contributed by atoms with Gasteiger partial charge in [0, 0.05) is 30.6 Å². The largest absolute Gasteiger partial charge is 0.485 e. The van der Waals surface area contributed by atoms with Crippen molar-refractivity contribution in [1.82, 2.24) is 26.0 Å². The fourth-order valence-electron chi connectivity index (χ4n) is 6.29. The molecule has 0 unspecified atom stereocenters. The van der Waals surface area contributed by atoms with Crippen molar-refractivity contribution < 1.29 is 51.1 Å². The van der Waals surface area contributed by atoms with Crippen LogP contribution in [0.25, 0.3) is 0 Å². The molecule has 1 aromatic heterocycles. The molecule has 0 spiro atoms. The van der Waals surface area contributed by atoms with E-state index in [2.05, 4.69) is 30.4 Å². The first-order valence-electron chi connectivity index (χ1n) is 16.3. The number of aliphatic carboxylic acids is 1. The number of hydrogen-bond acceptors (Lipinski definition) is 15. The second-order valence-electron chi connectivity index (χ2n) is 13.4. The number of hydroxylamine groups is 2. The maximum absolute atomic E-state index is 13.5. The number of aryl methyl sites for hydroxylation is 1. The highest BCUT2D eigenvalue weighted by Gasteiger charge is 2.58. The van der Waals surface area contributed by atoms with Crippen LogP contribution in [0.15, 0.2) is 28.7 Å². The molecule has 8 N–H and O–H groups in total. The van der Waals surface area contributed by atoms with Gasteiger partial charge in [-0.05, 0) is 82.7 Å². The van der Waals surface area contributed by atoms with E-state index in [1.807, 2.05) is 6.07 Å². The van der Waals surface area contributed by atoms with Gasteiger partial charge in [-0.1, -0.05) is 5.16 Å². The Morgan fingerprint density at radius 1 is 1.33 bits per heavy atom. The molecule has 0 saturated carbocycles. The van der Waals surface area contributed by atoms with Crippen LogP contribution in [-0.2, 0) is 45.1 Å². The van der Waals surface area contributed by atoms with Crippen LogP contribution in [0.3, 0.4) is 0 Å². The second kappa shape index (κ2) is 15.3. The maximum Gasteiger partial charge on any atom is 0.418 e. The van der Waals surface area contributed by atoms with Crippen LogP contribution in [-0.4, -0.2) is 114 Å². The molecule has 52 heavy (non-hydrogen) atoms. The number of nitrogens with one attached hydrogen (secondary N) is 4. The number of amides is 2. The van der Waals surface area contributed by atoms with Gasteiger partial charge >= 0.3 is 16.4 Å². The number of thiazole rings is 1. The number of anilines is 1. The molecule has 284 valence electrons. The van der Waals surface area contributed by atoms with E-state index in [9.17, 15) is 27.9 Å². The lowest BCUT2D eigenvalue weighted by molar-refractivity contribution is -0.218. The molecular formula is C31H42N8O11S2. The van der Waals surface area contributed by atoms with Crippen LogP contribution in [0.4, 0.5) is 5.13 Å². The van der Waals surface area contributed by atoms with Crippen molar-refractivity contribution in [2.45, 2.75) is 75.8 Å². The molecule has 2 amide bonds. The minimum atomic E-state index is -5.03. The number of carbonyl (C=O) groups excluding carboxylic acids is 2. The summed E-state index contributed by atoms with van der Waals surface area (Å²) in [5.41, 5.74) is 3.02. The van der Waals surface area contributed by atoms with E-state index in [4.69, 9.17) is 30.0 Å². The Bertz CT molecular complexity index is 1850. The van der Waals surface area contributed by atoms with Crippen LogP contribution >= 0.6 is 11.3 Å². The molecular weight excluding hydrogens is 725 g/mol. The number of benzene rings is 1. The number of ether oxygens (including phenoxy) is 2. The molecule has 5 atom stereocenters. The van der Waals surface area contributed by atoms with Gasteiger partial charge in [-0.25, -0.2) is 9.78 Å². The van der Waals surface area contributed by atoms with Crippen molar-refractivity contribution in [3.05, 3.63) is 40.4 Å². The zero-order chi connectivity index (χ0) is 38.0. The average Bonchev–Trinajstić information content (AvgIpc) is 3.53. The van der Waals surface area contributed by atoms with Gasteiger partial charge in [0.05, 0.1) is 12.1 Å². The summed E-state index contributed by atoms with van der Waals surface area (Å²) in [6.45, 7) is 6.15. The lowest BCUT2D eigenvalue weighted by Gasteiger charge is -2.50. The summed E-state index contributed by atoms with van der Waals surface area (Å²) in [6.07, 6.45) is 1.43. The van der Waals surface area contributed by atoms with Crippen LogP contribution < -0.4 is 26.4 Å². The van der Waals surface area contributed by atoms with Crippen molar-refractivity contribution in [1.29, 1.82) is 5.41 Å². The smallest absolute Gasteiger partial charge is 0.418 e. The standard InChI is InChI=1S/C31H42N8O11S2/c1-30(2)24(27(41)39(30)50-52(44,45)46)37-26(40)23(20-15-51-29(33)36-20)38-49-31(3,28(42)43)22-8-6-17-12-18(5-7-21(17)48-22)25(32)35-13-16-9-10-34-19(11-16)14-47-4/h5,7,12,15-16,19,22,24,34H,6,8-11,13-14H2,1-4H3,(H2,32,35)(H2,33,36)(H,37,40)(H,42,43)(H,44,45,46)/b38-23-/t16-,19+,22-,24-,31+/m1/s1. The quantitative estimate of drug-likeness (QED) is 0.0452. The maximum atomic E-state index is 13.5. The number of rotatable bonds is 14. The zero-order valence-electron chi connectivity index (χ0n) is 28.9. The van der Waals surface area contributed by atoms with Crippen LogP contribution in [0.2, 0.25) is 0 Å². The number of nitrogens with zero attached hydrogens (tertiary/aromatic N) is 3. The third-order valence-electron chi connectivity index (χ3n) is 9.30. The van der Waals surface area contributed by atoms with E-state index in [0.29, 0.717) is 41.9 Å². The molecule has 19 nitrogen and oxygen atoms in total. The van der Waals surface area contributed by atoms with Gasteiger partial charge in [0.15, 0.2) is 16.9 Å². The molecule has 0 aliphatic carbocycles. The molecule has 4 heterocycles. The van der Waals surface area contributed by atoms with Gasteiger partial charge in [0.1, 0.15) is 23.3 Å². The number of piperidine rings is 1. The van der Waals surface area contributed by atoms with Gasteiger partial charge in [0.25, 0.3) is 17.4 Å². The summed E-state index contributed by atoms with van der Waals surface area (Å²) >= 11 is 0.964. The Hall–Kier alpha value is -4.41. The first-order chi connectivity index (χ1) is 24.4. The van der Waals surface area contributed by atoms with Crippen LogP contribution in [0, 0.1) is 11.3 Å². The number of amidine groups is 1. The monoisotopic (exact) mass is 766 g/mol. The van der Waals surface area contributed by atoms with Crippen molar-refractivity contribution in [3.63, 3.8) is 0 Å². The van der Waals surface area contributed by atoms with Crippen molar-refractivity contribution in [2.75, 3.05) is 32.5 Å². The molecule has 0 radical (unpaired) electrons. The van der Waals surface area contributed by atoms with E-state index >= 15 is 0 Å². The number of aromatic nitrogens is 1. The third kappa shape index (κ3) is 8.45. The Balaban J connectivity index is 1.28. The number of nitrogens with two attached hydrogens (primary N) is 1. The number of fused-ring (bicyclic) bond motifs is 1. The van der Waals surface area contributed by atoms with Crippen molar-refractivity contribution >= 4 is 56.2 Å². The lowest BCUT2D eigenvalue weighted by atomic mass is 9.84. The molecule has 5 rings (SSSR count). The number of carbonyl (C=O) groups is 3. The number of carboxylic acids is 1. The summed E-state index contributed by atoms with van der Waals surface area (Å²) in [7, 11) is -3.36. The molecule has 3 aliphatic rings. The van der Waals surface area contributed by atoms with Gasteiger partial charge in [-0.3, -0.25) is 19.6 Å². The zero-order valence-corrected chi connectivity index (χ0v) is 30.5. The number of β-lactam (4-membered cyclic amide) rings is 1. The normalized spacial score (nSPS) is 24.1. The van der Waals surface area contributed by atoms with E-state index in [1.165, 1.54) is 26.2 Å². The van der Waals surface area contributed by atoms with Gasteiger partial charge in [0.2, 0.25) is 0 Å². The van der Waals surface area contributed by atoms with Gasteiger partial charge in [-0.15, -0.1) is 15.6 Å². The van der Waals surface area contributed by atoms with E-state index in [-0.39, 0.29) is 29.1 Å². The summed E-state index contributed by atoms with van der Waals surface area (Å²) in [6, 6.07) is 4.15. The van der Waals surface area contributed by atoms with E-state index < -0.39 is 57.2 Å². The molecule has 2 aromatic rings. The van der Waals surface area contributed by atoms with E-state index in [1.54, 1.807) is 19.2 Å². The van der Waals surface area contributed by atoms with Crippen LogP contribution in [0.1, 0.15) is 56.9 Å². The molecule has 0 bridgehead atoms. The Morgan fingerprint density at radius 3 is 2.71 bits per heavy atom. The van der Waals surface area contributed by atoms with Gasteiger partial charge in [-0.2, -0.15) is 13.5 Å². The Labute approximate surface area is 303 Å². The third-order valence-corrected chi connectivity index (χ3v) is 10.3. The highest BCUT2D eigenvalue weighted by molar-refractivity contribution is 7.80. The SMILES string of the molecule is COC[C@@H]1C[C@H](CNC(=N)c2ccc3c(c2)CC[C@H]([C@](C)(O/N=C(\C(=O)N[C@@H]2C(=O)N(OS(=O)(=O)O)C2(C)C)c2csc(N)n2)C(=O)O)O3)CCN1. The molecule has 21 heteroatoms. The van der Waals surface area contributed by atoms with E-state index in [0.717, 1.165) is 36.3 Å². The number of nitrogen functional groups attached to an aromatic ring is 1. The summed E-state index contributed by atoms with van der Waals surface area (Å²) in [5, 5.41) is 33.7. The first kappa shape index (κ1) is 38.8. The Morgan fingerprint density at radius 2 is 2.08 bits per heavy atom. The fourth-order valence-corrected chi connectivity index (χ4v) is 7.29. The van der Waals surface area contributed by atoms with Crippen molar-refractivity contribution in [3.8, 4) is 5.75 Å². The summed E-state index contributed by atoms with van der Waals surface area (Å²) < 4.78 is 47.1. The highest BCUT2D eigenvalue weighted by atomic mass is 32.3. The fraction of sp³-hybridized carbons (Fsp3) is 0.548. The predicted molar refractivity (Wildman–Crippen MR) is 186 cm³/mol. The second-order valence-corrected chi connectivity index (χ2v) is 15.3. The number of hydrogen-bond donors (Lipinski definition) is 7. The summed E-state index contributed by atoms with van der Waals surface area (Å²) in [5.74, 6) is -2.40. The topological polar surface area (TPSA) is 277 Å².